The van der Waals surface area contributed by atoms with Gasteiger partial charge in [0.2, 0.25) is 0 Å². The van der Waals surface area contributed by atoms with Gasteiger partial charge in [-0.15, -0.1) is 0 Å². The van der Waals surface area contributed by atoms with Crippen molar-refractivity contribution in [2.45, 2.75) is 39.7 Å². The molecular weight excluding hydrogens is 239 g/mol. The highest BCUT2D eigenvalue weighted by Crippen LogP contribution is 2.24. The zero-order valence-electron chi connectivity index (χ0n) is 12.8. The van der Waals surface area contributed by atoms with Crippen molar-refractivity contribution in [3.05, 3.63) is 35.6 Å². The Balaban J connectivity index is 2.89. The highest BCUT2D eigenvalue weighted by atomic mass is 19.1. The minimum atomic E-state index is -0.227. The number of nitrogens with zero attached hydrogens (tertiary/aromatic N) is 1. The number of halogens is 1. The van der Waals surface area contributed by atoms with Crippen LogP contribution in [0.2, 0.25) is 0 Å². The van der Waals surface area contributed by atoms with E-state index >= 15 is 0 Å². The van der Waals surface area contributed by atoms with Crippen LogP contribution in [-0.2, 0) is 6.42 Å². The summed E-state index contributed by atoms with van der Waals surface area (Å²) in [5, 5.41) is 0. The Kier molecular flexibility index (Phi) is 5.11. The van der Waals surface area contributed by atoms with Gasteiger partial charge in [0.15, 0.2) is 0 Å². The monoisotopic (exact) mass is 266 g/mol. The average molecular weight is 266 g/mol. The van der Waals surface area contributed by atoms with Gasteiger partial charge < -0.3 is 5.73 Å². The van der Waals surface area contributed by atoms with Gasteiger partial charge in [-0.1, -0.05) is 39.0 Å². The highest BCUT2D eigenvalue weighted by Gasteiger charge is 2.31. The van der Waals surface area contributed by atoms with Gasteiger partial charge in [0, 0.05) is 18.6 Å². The molecule has 1 rings (SSSR count). The summed E-state index contributed by atoms with van der Waals surface area (Å²) in [5.74, 6) is -0.147. The van der Waals surface area contributed by atoms with Gasteiger partial charge in [0.05, 0.1) is 0 Å². The molecule has 3 heteroatoms. The normalized spacial score (nSPS) is 15.6. The van der Waals surface area contributed by atoms with Crippen LogP contribution in [0.3, 0.4) is 0 Å². The van der Waals surface area contributed by atoms with Crippen LogP contribution < -0.4 is 5.73 Å². The first-order valence-corrected chi connectivity index (χ1v) is 6.83. The van der Waals surface area contributed by atoms with E-state index in [4.69, 9.17) is 5.73 Å². The third kappa shape index (κ3) is 4.59. The molecule has 108 valence electrons. The largest absolute Gasteiger partial charge is 0.329 e. The molecule has 0 saturated carbocycles. The minimum Gasteiger partial charge on any atom is -0.329 e. The molecule has 0 aliphatic rings. The van der Waals surface area contributed by atoms with Crippen LogP contribution >= 0.6 is 0 Å². The fourth-order valence-electron chi connectivity index (χ4n) is 2.32. The maximum Gasteiger partial charge on any atom is 0.126 e. The van der Waals surface area contributed by atoms with Crippen LogP contribution in [0.5, 0.6) is 0 Å². The number of hydrogen-bond donors (Lipinski definition) is 1. The molecule has 0 bridgehead atoms. The Morgan fingerprint density at radius 2 is 1.74 bits per heavy atom. The molecule has 0 amide bonds. The molecule has 1 atom stereocenters. The second-order valence-corrected chi connectivity index (χ2v) is 6.89. The van der Waals surface area contributed by atoms with Crippen LogP contribution in [0, 0.1) is 11.2 Å². The van der Waals surface area contributed by atoms with Crippen molar-refractivity contribution in [1.82, 2.24) is 4.90 Å². The zero-order valence-corrected chi connectivity index (χ0v) is 12.8. The van der Waals surface area contributed by atoms with Crippen LogP contribution in [0.1, 0.15) is 33.3 Å². The van der Waals surface area contributed by atoms with Crippen LogP contribution in [0.4, 0.5) is 4.39 Å². The summed E-state index contributed by atoms with van der Waals surface area (Å²) in [6, 6.07) is 6.95. The van der Waals surface area contributed by atoms with Gasteiger partial charge >= 0.3 is 0 Å². The van der Waals surface area contributed by atoms with Gasteiger partial charge in [-0.3, -0.25) is 4.90 Å². The van der Waals surface area contributed by atoms with E-state index in [1.807, 2.05) is 12.1 Å². The maximum atomic E-state index is 13.8. The molecule has 0 aliphatic heterocycles. The Morgan fingerprint density at radius 3 is 2.21 bits per heavy atom. The van der Waals surface area contributed by atoms with Gasteiger partial charge in [-0.25, -0.2) is 4.39 Å². The third-order valence-corrected chi connectivity index (χ3v) is 3.60. The molecule has 0 spiro atoms. The van der Waals surface area contributed by atoms with Crippen molar-refractivity contribution in [2.75, 3.05) is 20.1 Å². The molecule has 1 aromatic rings. The summed E-state index contributed by atoms with van der Waals surface area (Å²) in [6.45, 7) is 10.1. The summed E-state index contributed by atoms with van der Waals surface area (Å²) in [5.41, 5.74) is 6.66. The van der Waals surface area contributed by atoms with Gasteiger partial charge in [0.1, 0.15) is 5.82 Å². The molecule has 0 heterocycles. The second-order valence-electron chi connectivity index (χ2n) is 6.89. The summed E-state index contributed by atoms with van der Waals surface area (Å²) >= 11 is 0. The van der Waals surface area contributed by atoms with E-state index in [2.05, 4.69) is 39.6 Å². The van der Waals surface area contributed by atoms with Crippen molar-refractivity contribution in [1.29, 1.82) is 0 Å². The van der Waals surface area contributed by atoms with Crippen molar-refractivity contribution in [3.63, 3.8) is 0 Å². The van der Waals surface area contributed by atoms with Gasteiger partial charge in [-0.05, 0) is 37.4 Å². The second kappa shape index (κ2) is 6.02. The molecule has 0 aromatic heterocycles. The van der Waals surface area contributed by atoms with Crippen molar-refractivity contribution in [3.8, 4) is 0 Å². The van der Waals surface area contributed by atoms with Crippen LogP contribution in [0.15, 0.2) is 24.3 Å². The Labute approximate surface area is 116 Å². The zero-order chi connectivity index (χ0) is 14.7. The topological polar surface area (TPSA) is 29.3 Å². The molecule has 0 radical (unpaired) electrons. The Morgan fingerprint density at radius 1 is 1.16 bits per heavy atom. The highest BCUT2D eigenvalue weighted by molar-refractivity contribution is 5.20. The first-order chi connectivity index (χ1) is 8.68. The molecule has 1 aromatic carbocycles. The van der Waals surface area contributed by atoms with Crippen molar-refractivity contribution < 1.29 is 4.39 Å². The Bertz CT molecular complexity index is 411. The maximum absolute atomic E-state index is 13.8. The smallest absolute Gasteiger partial charge is 0.126 e. The lowest BCUT2D eigenvalue weighted by Gasteiger charge is -2.41. The third-order valence-electron chi connectivity index (χ3n) is 3.60. The quantitative estimate of drug-likeness (QED) is 0.887. The predicted octanol–water partition coefficient (Wildman–Crippen LogP) is 3.06. The molecule has 2 nitrogen and oxygen atoms in total. The number of hydrogen-bond acceptors (Lipinski definition) is 2. The summed E-state index contributed by atoms with van der Waals surface area (Å²) in [4.78, 5) is 2.25. The fourth-order valence-corrected chi connectivity index (χ4v) is 2.32. The van der Waals surface area contributed by atoms with E-state index < -0.39 is 0 Å². The lowest BCUT2D eigenvalue weighted by molar-refractivity contribution is 0.0997. The van der Waals surface area contributed by atoms with Crippen LogP contribution in [0.25, 0.3) is 0 Å². The average Bonchev–Trinajstić information content (AvgIpc) is 2.29. The molecule has 19 heavy (non-hydrogen) atoms. The SMILES string of the molecule is CN(CC(C)(C)C)C(C)(CN)Cc1ccccc1F. The van der Waals surface area contributed by atoms with E-state index in [1.165, 1.54) is 6.07 Å². The van der Waals surface area contributed by atoms with Crippen LogP contribution in [-0.4, -0.2) is 30.6 Å². The van der Waals surface area contributed by atoms with E-state index in [-0.39, 0.29) is 16.8 Å². The molecule has 0 fully saturated rings. The van der Waals surface area contributed by atoms with E-state index in [1.54, 1.807) is 6.07 Å². The number of rotatable bonds is 5. The number of likely N-dealkylation sites (N-methyl/N-ethyl adjacent to an activating group) is 1. The molecule has 2 N–H and O–H groups in total. The molecule has 0 aliphatic carbocycles. The molecule has 1 unspecified atom stereocenters. The van der Waals surface area contributed by atoms with Crippen molar-refractivity contribution >= 4 is 0 Å². The summed E-state index contributed by atoms with van der Waals surface area (Å²) in [7, 11) is 2.07. The molecule has 0 saturated heterocycles. The number of benzene rings is 1. The Hall–Kier alpha value is -0.930. The fraction of sp³-hybridized carbons (Fsp3) is 0.625. The number of nitrogens with two attached hydrogens (primary N) is 1. The lowest BCUT2D eigenvalue weighted by atomic mass is 9.87. The first-order valence-electron chi connectivity index (χ1n) is 6.83. The van der Waals surface area contributed by atoms with E-state index in [9.17, 15) is 4.39 Å². The van der Waals surface area contributed by atoms with E-state index in [0.717, 1.165) is 12.1 Å². The predicted molar refractivity (Wildman–Crippen MR) is 79.6 cm³/mol. The molecular formula is C16H27FN2. The van der Waals surface area contributed by atoms with Gasteiger partial charge in [0.25, 0.3) is 0 Å². The lowest BCUT2D eigenvalue weighted by Crippen LogP contribution is -2.53. The summed E-state index contributed by atoms with van der Waals surface area (Å²) in [6.07, 6.45) is 0.628. The van der Waals surface area contributed by atoms with E-state index in [0.29, 0.717) is 13.0 Å². The first kappa shape index (κ1) is 16.1. The van der Waals surface area contributed by atoms with Gasteiger partial charge in [-0.2, -0.15) is 0 Å². The standard InChI is InChI=1S/C16H27FN2/c1-15(2,3)12-19(5)16(4,11-18)10-13-8-6-7-9-14(13)17/h6-9H,10-12,18H2,1-5H3. The van der Waals surface area contributed by atoms with Crippen molar-refractivity contribution in [2.24, 2.45) is 11.1 Å². The summed E-state index contributed by atoms with van der Waals surface area (Å²) < 4.78 is 13.8. The minimum absolute atomic E-state index is 0.147.